The normalized spacial score (nSPS) is 9.17. The summed E-state index contributed by atoms with van der Waals surface area (Å²) in [7, 11) is 1.22. The van der Waals surface area contributed by atoms with Gasteiger partial charge in [-0.25, -0.2) is 9.59 Å². The molecule has 0 spiro atoms. The first-order chi connectivity index (χ1) is 8.52. The number of para-hydroxylation sites is 2. The van der Waals surface area contributed by atoms with Crippen LogP contribution in [-0.2, 0) is 4.74 Å². The lowest BCUT2D eigenvalue weighted by molar-refractivity contribution is 0.177. The summed E-state index contributed by atoms with van der Waals surface area (Å²) in [6.07, 6.45) is -0.687. The van der Waals surface area contributed by atoms with Gasteiger partial charge < -0.3 is 21.1 Å². The minimum Gasteiger partial charge on any atom is -0.453 e. The number of amides is 3. The molecule has 7 nitrogen and oxygen atoms in total. The average molecular weight is 268 g/mol. The molecule has 96 valence electrons. The monoisotopic (exact) mass is 268 g/mol. The van der Waals surface area contributed by atoms with Crippen molar-refractivity contribution < 1.29 is 14.3 Å². The van der Waals surface area contributed by atoms with E-state index in [0.29, 0.717) is 11.4 Å². The van der Waals surface area contributed by atoms with Crippen LogP contribution >= 0.6 is 12.2 Å². The number of primary amides is 1. The minimum atomic E-state index is -0.698. The summed E-state index contributed by atoms with van der Waals surface area (Å²) in [6.45, 7) is 0. The number of hydrogen-bond donors (Lipinski definition) is 4. The van der Waals surface area contributed by atoms with Gasteiger partial charge in [-0.15, -0.1) is 0 Å². The lowest BCUT2D eigenvalue weighted by atomic mass is 10.2. The minimum absolute atomic E-state index is 0.0422. The third-order valence-electron chi connectivity index (χ3n) is 1.83. The lowest BCUT2D eigenvalue weighted by Crippen LogP contribution is -2.34. The highest BCUT2D eigenvalue weighted by Crippen LogP contribution is 2.20. The maximum Gasteiger partial charge on any atom is 0.413 e. The number of ether oxygens (including phenoxy) is 1. The number of rotatable bonds is 2. The van der Waals surface area contributed by atoms with E-state index in [1.807, 2.05) is 0 Å². The van der Waals surface area contributed by atoms with Crippen LogP contribution in [0.3, 0.4) is 0 Å². The van der Waals surface area contributed by atoms with Crippen molar-refractivity contribution in [2.45, 2.75) is 0 Å². The van der Waals surface area contributed by atoms with Gasteiger partial charge in [-0.1, -0.05) is 12.1 Å². The molecule has 0 aliphatic carbocycles. The predicted molar refractivity (Wildman–Crippen MR) is 71.4 cm³/mol. The molecule has 0 fully saturated rings. The van der Waals surface area contributed by atoms with Crippen molar-refractivity contribution in [2.24, 2.45) is 5.73 Å². The molecule has 0 bridgehead atoms. The fraction of sp³-hybridized carbons (Fsp3) is 0.100. The Hall–Kier alpha value is -2.35. The zero-order valence-corrected chi connectivity index (χ0v) is 10.3. The van der Waals surface area contributed by atoms with E-state index in [0.717, 1.165) is 0 Å². The van der Waals surface area contributed by atoms with Crippen LogP contribution in [0.15, 0.2) is 24.3 Å². The second-order valence-electron chi connectivity index (χ2n) is 3.11. The van der Waals surface area contributed by atoms with Crippen molar-refractivity contribution in [3.63, 3.8) is 0 Å². The highest BCUT2D eigenvalue weighted by Gasteiger charge is 2.07. The number of carbonyl (C=O) groups is 2. The zero-order chi connectivity index (χ0) is 13.5. The van der Waals surface area contributed by atoms with Crippen LogP contribution < -0.4 is 21.7 Å². The number of nitrogens with two attached hydrogens (primary N) is 1. The molecule has 0 aliphatic heterocycles. The predicted octanol–water partition coefficient (Wildman–Crippen LogP) is 1.23. The fourth-order valence-electron chi connectivity index (χ4n) is 1.13. The van der Waals surface area contributed by atoms with Crippen LogP contribution in [0.1, 0.15) is 0 Å². The molecule has 18 heavy (non-hydrogen) atoms. The fourth-order valence-corrected chi connectivity index (χ4v) is 1.32. The summed E-state index contributed by atoms with van der Waals surface area (Å²) < 4.78 is 4.39. The molecule has 0 aliphatic rings. The molecule has 0 radical (unpaired) electrons. The first-order valence-electron chi connectivity index (χ1n) is 4.84. The number of carbonyl (C=O) groups excluding carboxylic acids is 2. The molecule has 5 N–H and O–H groups in total. The van der Waals surface area contributed by atoms with Gasteiger partial charge in [0, 0.05) is 0 Å². The van der Waals surface area contributed by atoms with E-state index in [1.165, 1.54) is 7.11 Å². The molecule has 1 aromatic rings. The summed E-state index contributed by atoms with van der Waals surface area (Å²) in [4.78, 5) is 21.7. The molecule has 0 heterocycles. The van der Waals surface area contributed by atoms with Crippen molar-refractivity contribution in [1.29, 1.82) is 0 Å². The SMILES string of the molecule is COC(=O)NC(=S)Nc1ccccc1NC(N)=O. The van der Waals surface area contributed by atoms with Crippen LogP contribution in [0.25, 0.3) is 0 Å². The number of methoxy groups -OCH3 is 1. The van der Waals surface area contributed by atoms with Gasteiger partial charge in [0.05, 0.1) is 18.5 Å². The summed E-state index contributed by atoms with van der Waals surface area (Å²) in [5, 5.41) is 7.47. The number of urea groups is 1. The largest absolute Gasteiger partial charge is 0.453 e. The number of hydrogen-bond acceptors (Lipinski definition) is 4. The van der Waals surface area contributed by atoms with Gasteiger partial charge in [-0.05, 0) is 24.4 Å². The Morgan fingerprint density at radius 2 is 1.78 bits per heavy atom. The van der Waals surface area contributed by atoms with E-state index in [2.05, 4.69) is 20.7 Å². The van der Waals surface area contributed by atoms with Crippen molar-refractivity contribution >= 4 is 40.8 Å². The van der Waals surface area contributed by atoms with Gasteiger partial charge in [0.15, 0.2) is 5.11 Å². The quantitative estimate of drug-likeness (QED) is 0.604. The highest BCUT2D eigenvalue weighted by molar-refractivity contribution is 7.80. The maximum atomic E-state index is 10.9. The highest BCUT2D eigenvalue weighted by atomic mass is 32.1. The number of anilines is 2. The topological polar surface area (TPSA) is 105 Å². The Morgan fingerprint density at radius 1 is 1.22 bits per heavy atom. The summed E-state index contributed by atoms with van der Waals surface area (Å²) >= 11 is 4.88. The molecule has 3 amide bonds. The Morgan fingerprint density at radius 3 is 2.28 bits per heavy atom. The molecule has 0 unspecified atom stereocenters. The summed E-state index contributed by atoms with van der Waals surface area (Å²) in [5.41, 5.74) is 5.97. The number of alkyl carbamates (subject to hydrolysis) is 1. The number of nitrogens with one attached hydrogen (secondary N) is 3. The van der Waals surface area contributed by atoms with Crippen molar-refractivity contribution in [2.75, 3.05) is 17.7 Å². The van der Waals surface area contributed by atoms with Gasteiger partial charge in [-0.2, -0.15) is 0 Å². The third-order valence-corrected chi connectivity index (χ3v) is 2.04. The molecule has 0 atom stereocenters. The molecule has 0 saturated carbocycles. The molecule has 0 aromatic heterocycles. The van der Waals surface area contributed by atoms with Gasteiger partial charge in [0.2, 0.25) is 0 Å². The van der Waals surface area contributed by atoms with Crippen LogP contribution in [-0.4, -0.2) is 24.3 Å². The van der Waals surface area contributed by atoms with Crippen molar-refractivity contribution in [3.05, 3.63) is 24.3 Å². The molecule has 1 rings (SSSR count). The summed E-state index contributed by atoms with van der Waals surface area (Å²) in [5.74, 6) is 0. The van der Waals surface area contributed by atoms with Crippen LogP contribution in [0, 0.1) is 0 Å². The smallest absolute Gasteiger partial charge is 0.413 e. The lowest BCUT2D eigenvalue weighted by Gasteiger charge is -2.12. The van der Waals surface area contributed by atoms with Crippen LogP contribution in [0.2, 0.25) is 0 Å². The number of thiocarbonyl (C=S) groups is 1. The van der Waals surface area contributed by atoms with E-state index in [-0.39, 0.29) is 5.11 Å². The average Bonchev–Trinajstić information content (AvgIpc) is 2.30. The van der Waals surface area contributed by atoms with Crippen LogP contribution in [0.5, 0.6) is 0 Å². The van der Waals surface area contributed by atoms with Gasteiger partial charge >= 0.3 is 12.1 Å². The standard InChI is InChI=1S/C10H12N4O3S/c1-17-10(16)14-9(18)13-7-5-3-2-4-6(7)12-8(11)15/h2-5H,1H3,(H3,11,12,15)(H2,13,14,16,18). The van der Waals surface area contributed by atoms with Crippen molar-refractivity contribution in [3.8, 4) is 0 Å². The molecular weight excluding hydrogens is 256 g/mol. The Balaban J connectivity index is 2.74. The molecular formula is C10H12N4O3S. The number of benzene rings is 1. The van der Waals surface area contributed by atoms with E-state index >= 15 is 0 Å². The van der Waals surface area contributed by atoms with Gasteiger partial charge in [-0.3, -0.25) is 5.32 Å². The summed E-state index contributed by atoms with van der Waals surface area (Å²) in [6, 6.07) is 6.04. The first-order valence-corrected chi connectivity index (χ1v) is 5.25. The van der Waals surface area contributed by atoms with Crippen molar-refractivity contribution in [1.82, 2.24) is 5.32 Å². The second-order valence-corrected chi connectivity index (χ2v) is 3.51. The Labute approximate surface area is 109 Å². The van der Waals surface area contributed by atoms with Crippen LogP contribution in [0.4, 0.5) is 21.0 Å². The van der Waals surface area contributed by atoms with Gasteiger partial charge in [0.1, 0.15) is 0 Å². The van der Waals surface area contributed by atoms with E-state index in [1.54, 1.807) is 24.3 Å². The Bertz CT molecular complexity index is 478. The Kier molecular flexibility index (Phi) is 4.88. The molecule has 8 heteroatoms. The van der Waals surface area contributed by atoms with E-state index in [9.17, 15) is 9.59 Å². The van der Waals surface area contributed by atoms with E-state index in [4.69, 9.17) is 18.0 Å². The zero-order valence-electron chi connectivity index (χ0n) is 9.52. The third kappa shape index (κ3) is 4.26. The second kappa shape index (κ2) is 6.40. The molecule has 0 saturated heterocycles. The molecule has 1 aromatic carbocycles. The van der Waals surface area contributed by atoms with E-state index < -0.39 is 12.1 Å². The maximum absolute atomic E-state index is 10.9. The first kappa shape index (κ1) is 13.7. The van der Waals surface area contributed by atoms with Gasteiger partial charge in [0.25, 0.3) is 0 Å².